The minimum atomic E-state index is -3.46. The second-order valence-electron chi connectivity index (χ2n) is 7.74. The average molecular weight is 433 g/mol. The number of halogens is 1. The Morgan fingerprint density at radius 2 is 1.97 bits per heavy atom. The van der Waals surface area contributed by atoms with Gasteiger partial charge in [0.25, 0.3) is 0 Å². The van der Waals surface area contributed by atoms with Crippen molar-refractivity contribution in [1.82, 2.24) is 4.90 Å². The summed E-state index contributed by atoms with van der Waals surface area (Å²) in [6.45, 7) is 6.39. The highest BCUT2D eigenvalue weighted by atomic mass is 35.5. The monoisotopic (exact) mass is 432 g/mol. The first kappa shape index (κ1) is 21.6. The molecule has 1 fully saturated rings. The normalized spacial score (nSPS) is 17.4. The summed E-state index contributed by atoms with van der Waals surface area (Å²) in [4.78, 5) is 2.44. The van der Waals surface area contributed by atoms with E-state index in [0.29, 0.717) is 0 Å². The third-order valence-corrected chi connectivity index (χ3v) is 7.16. The average Bonchev–Trinajstić information content (AvgIpc) is 3.09. The van der Waals surface area contributed by atoms with Gasteiger partial charge < -0.3 is 4.74 Å². The number of sulfone groups is 1. The summed E-state index contributed by atoms with van der Waals surface area (Å²) in [5, 5.41) is 9.35. The van der Waals surface area contributed by atoms with Gasteiger partial charge in [0.1, 0.15) is 11.8 Å². The molecule has 2 aromatic rings. The number of ether oxygens (including phenoxy) is 1. The van der Waals surface area contributed by atoms with E-state index < -0.39 is 9.84 Å². The molecule has 0 saturated carbocycles. The van der Waals surface area contributed by atoms with Gasteiger partial charge >= 0.3 is 0 Å². The fourth-order valence-corrected chi connectivity index (χ4v) is 5.40. The zero-order chi connectivity index (χ0) is 21.0. The summed E-state index contributed by atoms with van der Waals surface area (Å²) in [5.74, 6) is 1.01. The Kier molecular flexibility index (Phi) is 6.84. The van der Waals surface area contributed by atoms with Crippen LogP contribution in [0.2, 0.25) is 5.02 Å². The van der Waals surface area contributed by atoms with Gasteiger partial charge in [-0.2, -0.15) is 5.26 Å². The van der Waals surface area contributed by atoms with Gasteiger partial charge in [-0.05, 0) is 68.6 Å². The SMILES string of the molecule is CC(C)Oc1ccc(CN2CC[C@@H](CS(=O)(=O)c3ccc(Cl)c(C#N)c3)C2)cc1. The maximum absolute atomic E-state index is 12.8. The summed E-state index contributed by atoms with van der Waals surface area (Å²) < 4.78 is 31.2. The fraction of sp³-hybridized carbons (Fsp3) is 0.409. The van der Waals surface area contributed by atoms with Crippen LogP contribution in [0.1, 0.15) is 31.4 Å². The minimum absolute atomic E-state index is 0.0739. The van der Waals surface area contributed by atoms with Crippen molar-refractivity contribution in [2.45, 2.75) is 37.8 Å². The molecule has 1 atom stereocenters. The molecule has 1 saturated heterocycles. The number of likely N-dealkylation sites (tertiary alicyclic amines) is 1. The van der Waals surface area contributed by atoms with Gasteiger partial charge in [-0.15, -0.1) is 0 Å². The van der Waals surface area contributed by atoms with Gasteiger partial charge in [-0.25, -0.2) is 8.42 Å². The smallest absolute Gasteiger partial charge is 0.178 e. The lowest BCUT2D eigenvalue weighted by molar-refractivity contribution is 0.242. The predicted octanol–water partition coefficient (Wildman–Crippen LogP) is 4.29. The van der Waals surface area contributed by atoms with Crippen molar-refractivity contribution >= 4 is 21.4 Å². The van der Waals surface area contributed by atoms with Crippen molar-refractivity contribution in [3.05, 3.63) is 58.6 Å². The van der Waals surface area contributed by atoms with E-state index in [-0.39, 0.29) is 33.3 Å². The summed E-state index contributed by atoms with van der Waals surface area (Å²) in [6.07, 6.45) is 0.985. The van der Waals surface area contributed by atoms with Crippen molar-refractivity contribution in [3.63, 3.8) is 0 Å². The van der Waals surface area contributed by atoms with Crippen molar-refractivity contribution in [2.75, 3.05) is 18.8 Å². The van der Waals surface area contributed by atoms with Gasteiger partial charge in [-0.1, -0.05) is 23.7 Å². The molecule has 5 nitrogen and oxygen atoms in total. The standard InChI is InChI=1S/C22H25ClN2O3S/c1-16(2)28-20-5-3-17(4-6-20)13-25-10-9-18(14-25)15-29(26,27)21-7-8-22(23)19(11-21)12-24/h3-8,11,16,18H,9-10,13-15H2,1-2H3/t18-/m1/s1. The van der Waals surface area contributed by atoms with Crippen molar-refractivity contribution in [1.29, 1.82) is 5.26 Å². The molecule has 1 heterocycles. The third-order valence-electron chi connectivity index (χ3n) is 4.94. The first-order valence-corrected chi connectivity index (χ1v) is 11.7. The predicted molar refractivity (Wildman–Crippen MR) is 114 cm³/mol. The molecular weight excluding hydrogens is 408 g/mol. The second kappa shape index (κ2) is 9.17. The molecule has 0 spiro atoms. The fourth-order valence-electron chi connectivity index (χ4n) is 3.59. The zero-order valence-corrected chi connectivity index (χ0v) is 18.2. The number of hydrogen-bond acceptors (Lipinski definition) is 5. The largest absolute Gasteiger partial charge is 0.491 e. The highest BCUT2D eigenvalue weighted by Crippen LogP contribution is 2.26. The highest BCUT2D eigenvalue weighted by Gasteiger charge is 2.28. The van der Waals surface area contributed by atoms with Crippen LogP contribution < -0.4 is 4.74 Å². The van der Waals surface area contributed by atoms with Gasteiger partial charge in [0.2, 0.25) is 0 Å². The number of nitriles is 1. The molecule has 0 bridgehead atoms. The maximum Gasteiger partial charge on any atom is 0.178 e. The quantitative estimate of drug-likeness (QED) is 0.652. The van der Waals surface area contributed by atoms with E-state index in [1.807, 2.05) is 32.0 Å². The Hall–Kier alpha value is -2.07. The summed E-state index contributed by atoms with van der Waals surface area (Å²) in [5.41, 5.74) is 1.37. The lowest BCUT2D eigenvalue weighted by Crippen LogP contribution is -2.23. The summed E-state index contributed by atoms with van der Waals surface area (Å²) in [6, 6.07) is 14.3. The Balaban J connectivity index is 1.59. The van der Waals surface area contributed by atoms with Crippen molar-refractivity contribution in [3.8, 4) is 11.8 Å². The Morgan fingerprint density at radius 1 is 1.24 bits per heavy atom. The minimum Gasteiger partial charge on any atom is -0.491 e. The number of hydrogen-bond donors (Lipinski definition) is 0. The van der Waals surface area contributed by atoms with Crippen LogP contribution in [0.3, 0.4) is 0 Å². The molecule has 0 unspecified atom stereocenters. The van der Waals surface area contributed by atoms with Crippen LogP contribution in [-0.2, 0) is 16.4 Å². The van der Waals surface area contributed by atoms with Crippen molar-refractivity contribution < 1.29 is 13.2 Å². The van der Waals surface area contributed by atoms with E-state index in [0.717, 1.165) is 31.8 Å². The van der Waals surface area contributed by atoms with Crippen LogP contribution in [0.25, 0.3) is 0 Å². The molecule has 154 valence electrons. The molecule has 3 rings (SSSR count). The number of rotatable bonds is 7. The van der Waals surface area contributed by atoms with Crippen LogP contribution in [-0.4, -0.2) is 38.3 Å². The topological polar surface area (TPSA) is 70.4 Å². The van der Waals surface area contributed by atoms with E-state index in [4.69, 9.17) is 21.6 Å². The van der Waals surface area contributed by atoms with Gasteiger partial charge in [0.15, 0.2) is 9.84 Å². The van der Waals surface area contributed by atoms with Gasteiger partial charge in [-0.3, -0.25) is 4.90 Å². The van der Waals surface area contributed by atoms with Crippen LogP contribution >= 0.6 is 11.6 Å². The Morgan fingerprint density at radius 3 is 2.62 bits per heavy atom. The first-order valence-electron chi connectivity index (χ1n) is 9.67. The van der Waals surface area contributed by atoms with Crippen LogP contribution in [0.15, 0.2) is 47.4 Å². The van der Waals surface area contributed by atoms with Crippen LogP contribution in [0.4, 0.5) is 0 Å². The molecular formula is C22H25ClN2O3S. The molecule has 0 N–H and O–H groups in total. The number of nitrogens with zero attached hydrogens (tertiary/aromatic N) is 2. The Labute approximate surface area is 177 Å². The van der Waals surface area contributed by atoms with Crippen molar-refractivity contribution in [2.24, 2.45) is 5.92 Å². The molecule has 7 heteroatoms. The second-order valence-corrected chi connectivity index (χ2v) is 10.2. The summed E-state index contributed by atoms with van der Waals surface area (Å²) >= 11 is 5.92. The van der Waals surface area contributed by atoms with Gasteiger partial charge in [0.05, 0.1) is 27.3 Å². The molecule has 29 heavy (non-hydrogen) atoms. The lowest BCUT2D eigenvalue weighted by Gasteiger charge is -2.17. The molecule has 1 aliphatic rings. The van der Waals surface area contributed by atoms with Crippen LogP contribution in [0, 0.1) is 17.2 Å². The molecule has 1 aliphatic heterocycles. The molecule has 2 aromatic carbocycles. The Bertz CT molecular complexity index is 998. The van der Waals surface area contributed by atoms with E-state index in [1.54, 1.807) is 0 Å². The maximum atomic E-state index is 12.8. The lowest BCUT2D eigenvalue weighted by atomic mass is 10.1. The molecule has 0 amide bonds. The van der Waals surface area contributed by atoms with E-state index in [1.165, 1.54) is 23.8 Å². The third kappa shape index (κ3) is 5.72. The van der Waals surface area contributed by atoms with E-state index >= 15 is 0 Å². The van der Waals surface area contributed by atoms with E-state index in [2.05, 4.69) is 17.0 Å². The molecule has 0 aromatic heterocycles. The first-order chi connectivity index (χ1) is 13.8. The number of benzene rings is 2. The molecule has 0 aliphatic carbocycles. The zero-order valence-electron chi connectivity index (χ0n) is 16.6. The van der Waals surface area contributed by atoms with Gasteiger partial charge in [0, 0.05) is 13.1 Å². The van der Waals surface area contributed by atoms with Crippen LogP contribution in [0.5, 0.6) is 5.75 Å². The summed E-state index contributed by atoms with van der Waals surface area (Å²) in [7, 11) is -3.46. The highest BCUT2D eigenvalue weighted by molar-refractivity contribution is 7.91. The molecule has 0 radical (unpaired) electrons. The van der Waals surface area contributed by atoms with E-state index in [9.17, 15) is 8.42 Å².